The minimum atomic E-state index is -0.211. The number of nitrogens with zero attached hydrogens (tertiary/aromatic N) is 1. The zero-order valence-electron chi connectivity index (χ0n) is 13.7. The molecule has 1 heterocycles. The third-order valence-electron chi connectivity index (χ3n) is 4.60. The largest absolute Gasteiger partial charge is 0.393 e. The number of benzene rings is 1. The molecule has 1 aromatic heterocycles. The number of hydrogen-bond donors (Lipinski definition) is 2. The summed E-state index contributed by atoms with van der Waals surface area (Å²) >= 11 is 0. The Balaban J connectivity index is 1.89. The molecule has 0 atom stereocenters. The van der Waals surface area contributed by atoms with E-state index in [1.165, 1.54) is 0 Å². The number of carbonyl (C=O) groups excluding carboxylic acids is 1. The molecule has 1 fully saturated rings. The smallest absolute Gasteiger partial charge is 0.252 e. The van der Waals surface area contributed by atoms with Crippen LogP contribution in [0.4, 0.5) is 0 Å². The fourth-order valence-corrected chi connectivity index (χ4v) is 3.16. The highest BCUT2D eigenvalue weighted by Crippen LogP contribution is 2.24. The molecule has 4 nitrogen and oxygen atoms in total. The van der Waals surface area contributed by atoms with Gasteiger partial charge < -0.3 is 10.4 Å². The lowest BCUT2D eigenvalue weighted by molar-refractivity contribution is 0.0869. The SMILES string of the molecule is CC(C)c1cc(C(=O)NC2CCC(O)CC2)c2ccccc2n1. The van der Waals surface area contributed by atoms with E-state index in [0.29, 0.717) is 5.56 Å². The van der Waals surface area contributed by atoms with Crippen LogP contribution < -0.4 is 5.32 Å². The number of para-hydroxylation sites is 1. The van der Waals surface area contributed by atoms with E-state index < -0.39 is 0 Å². The summed E-state index contributed by atoms with van der Waals surface area (Å²) in [6.07, 6.45) is 3.00. The van der Waals surface area contributed by atoms with Crippen LogP contribution in [0.3, 0.4) is 0 Å². The van der Waals surface area contributed by atoms with E-state index in [9.17, 15) is 9.90 Å². The van der Waals surface area contributed by atoms with Gasteiger partial charge in [-0.2, -0.15) is 0 Å². The van der Waals surface area contributed by atoms with Gasteiger partial charge in [0.2, 0.25) is 0 Å². The maximum absolute atomic E-state index is 12.8. The highest BCUT2D eigenvalue weighted by molar-refractivity contribution is 6.06. The second kappa shape index (κ2) is 6.67. The molecule has 0 radical (unpaired) electrons. The van der Waals surface area contributed by atoms with E-state index >= 15 is 0 Å². The van der Waals surface area contributed by atoms with Crippen molar-refractivity contribution in [1.82, 2.24) is 10.3 Å². The van der Waals surface area contributed by atoms with E-state index in [4.69, 9.17) is 0 Å². The monoisotopic (exact) mass is 312 g/mol. The number of aliphatic hydroxyl groups excluding tert-OH is 1. The fourth-order valence-electron chi connectivity index (χ4n) is 3.16. The average Bonchev–Trinajstić information content (AvgIpc) is 2.55. The lowest BCUT2D eigenvalue weighted by Gasteiger charge is -2.26. The molecule has 122 valence electrons. The Kier molecular flexibility index (Phi) is 4.62. The zero-order chi connectivity index (χ0) is 16.4. The number of hydrogen-bond acceptors (Lipinski definition) is 3. The normalized spacial score (nSPS) is 21.6. The molecule has 23 heavy (non-hydrogen) atoms. The van der Waals surface area contributed by atoms with Crippen LogP contribution in [-0.2, 0) is 0 Å². The van der Waals surface area contributed by atoms with E-state index in [1.807, 2.05) is 30.3 Å². The summed E-state index contributed by atoms with van der Waals surface area (Å²) in [5, 5.41) is 13.6. The quantitative estimate of drug-likeness (QED) is 0.913. The standard InChI is InChI=1S/C19H24N2O2/c1-12(2)18-11-16(15-5-3-4-6-17(15)21-18)19(23)20-13-7-9-14(22)10-8-13/h3-6,11-14,22H,7-10H2,1-2H3,(H,20,23). The molecule has 1 amide bonds. The minimum absolute atomic E-state index is 0.0353. The molecule has 3 rings (SSSR count). The van der Waals surface area contributed by atoms with Crippen LogP contribution in [0, 0.1) is 0 Å². The van der Waals surface area contributed by atoms with Gasteiger partial charge in [0, 0.05) is 17.1 Å². The molecular formula is C19H24N2O2. The van der Waals surface area contributed by atoms with Crippen molar-refractivity contribution >= 4 is 16.8 Å². The molecule has 1 aliphatic rings. The maximum Gasteiger partial charge on any atom is 0.252 e. The minimum Gasteiger partial charge on any atom is -0.393 e. The third-order valence-corrected chi connectivity index (χ3v) is 4.60. The van der Waals surface area contributed by atoms with Crippen molar-refractivity contribution in [2.45, 2.75) is 57.6 Å². The van der Waals surface area contributed by atoms with Crippen LogP contribution in [0.5, 0.6) is 0 Å². The van der Waals surface area contributed by atoms with Crippen LogP contribution in [0.25, 0.3) is 10.9 Å². The summed E-state index contributed by atoms with van der Waals surface area (Å²) in [5.74, 6) is 0.239. The number of fused-ring (bicyclic) bond motifs is 1. The van der Waals surface area contributed by atoms with E-state index in [-0.39, 0.29) is 24.0 Å². The van der Waals surface area contributed by atoms with Crippen molar-refractivity contribution in [1.29, 1.82) is 0 Å². The molecule has 1 aromatic carbocycles. The Morgan fingerprint density at radius 1 is 1.22 bits per heavy atom. The number of amides is 1. The number of nitrogens with one attached hydrogen (secondary N) is 1. The number of rotatable bonds is 3. The second-order valence-electron chi connectivity index (χ2n) is 6.75. The van der Waals surface area contributed by atoms with Crippen LogP contribution >= 0.6 is 0 Å². The Morgan fingerprint density at radius 2 is 1.91 bits per heavy atom. The first kappa shape index (κ1) is 15.9. The molecule has 0 unspecified atom stereocenters. The first-order valence-corrected chi connectivity index (χ1v) is 8.43. The van der Waals surface area contributed by atoms with Crippen LogP contribution in [0.2, 0.25) is 0 Å². The Morgan fingerprint density at radius 3 is 2.61 bits per heavy atom. The van der Waals surface area contributed by atoms with Gasteiger partial charge in [0.1, 0.15) is 0 Å². The van der Waals surface area contributed by atoms with Crippen LogP contribution in [-0.4, -0.2) is 28.1 Å². The number of aliphatic hydroxyl groups is 1. The maximum atomic E-state index is 12.8. The van der Waals surface area contributed by atoms with Crippen molar-refractivity contribution < 1.29 is 9.90 Å². The second-order valence-corrected chi connectivity index (χ2v) is 6.75. The zero-order valence-corrected chi connectivity index (χ0v) is 13.7. The first-order valence-electron chi connectivity index (χ1n) is 8.43. The molecule has 0 bridgehead atoms. The van der Waals surface area contributed by atoms with Gasteiger partial charge in [-0.05, 0) is 43.7 Å². The van der Waals surface area contributed by atoms with Crippen molar-refractivity contribution in [2.24, 2.45) is 0 Å². The summed E-state index contributed by atoms with van der Waals surface area (Å²) < 4.78 is 0. The predicted molar refractivity (Wildman–Crippen MR) is 91.6 cm³/mol. The Hall–Kier alpha value is -1.94. The van der Waals surface area contributed by atoms with Gasteiger partial charge in [-0.25, -0.2) is 0 Å². The Bertz CT molecular complexity index is 704. The predicted octanol–water partition coefficient (Wildman–Crippen LogP) is 3.39. The summed E-state index contributed by atoms with van der Waals surface area (Å²) in [5.41, 5.74) is 2.50. The van der Waals surface area contributed by atoms with E-state index in [0.717, 1.165) is 42.3 Å². The number of pyridine rings is 1. The summed E-state index contributed by atoms with van der Waals surface area (Å²) in [4.78, 5) is 17.4. The summed E-state index contributed by atoms with van der Waals surface area (Å²) in [6, 6.07) is 9.86. The Labute approximate surface area is 136 Å². The lowest BCUT2D eigenvalue weighted by atomic mass is 9.92. The van der Waals surface area contributed by atoms with Crippen molar-refractivity contribution in [3.8, 4) is 0 Å². The molecule has 0 saturated heterocycles. The van der Waals surface area contributed by atoms with E-state index in [2.05, 4.69) is 24.1 Å². The van der Waals surface area contributed by atoms with E-state index in [1.54, 1.807) is 0 Å². The van der Waals surface area contributed by atoms with Gasteiger partial charge >= 0.3 is 0 Å². The third kappa shape index (κ3) is 3.53. The molecule has 0 aliphatic heterocycles. The molecule has 1 aliphatic carbocycles. The number of carbonyl (C=O) groups is 1. The average molecular weight is 312 g/mol. The molecule has 1 saturated carbocycles. The summed E-state index contributed by atoms with van der Waals surface area (Å²) in [6.45, 7) is 4.17. The van der Waals surface area contributed by atoms with Gasteiger partial charge in [-0.15, -0.1) is 0 Å². The van der Waals surface area contributed by atoms with Crippen LogP contribution in [0.15, 0.2) is 30.3 Å². The van der Waals surface area contributed by atoms with Gasteiger partial charge in [0.25, 0.3) is 5.91 Å². The lowest BCUT2D eigenvalue weighted by Crippen LogP contribution is -2.38. The molecule has 2 aromatic rings. The van der Waals surface area contributed by atoms with Crippen molar-refractivity contribution in [2.75, 3.05) is 0 Å². The highest BCUT2D eigenvalue weighted by atomic mass is 16.3. The molecule has 2 N–H and O–H groups in total. The number of aromatic nitrogens is 1. The molecule has 0 spiro atoms. The van der Waals surface area contributed by atoms with Crippen molar-refractivity contribution in [3.05, 3.63) is 41.6 Å². The molecular weight excluding hydrogens is 288 g/mol. The fraction of sp³-hybridized carbons (Fsp3) is 0.474. The van der Waals surface area contributed by atoms with Crippen molar-refractivity contribution in [3.63, 3.8) is 0 Å². The topological polar surface area (TPSA) is 62.2 Å². The highest BCUT2D eigenvalue weighted by Gasteiger charge is 2.22. The van der Waals surface area contributed by atoms with Gasteiger partial charge in [0.15, 0.2) is 0 Å². The summed E-state index contributed by atoms with van der Waals surface area (Å²) in [7, 11) is 0. The molecule has 4 heteroatoms. The van der Waals surface area contributed by atoms with Gasteiger partial charge in [0.05, 0.1) is 17.2 Å². The van der Waals surface area contributed by atoms with Gasteiger partial charge in [-0.1, -0.05) is 32.0 Å². The first-order chi connectivity index (χ1) is 11.0. The van der Waals surface area contributed by atoms with Crippen LogP contribution in [0.1, 0.15) is 61.5 Å². The van der Waals surface area contributed by atoms with Gasteiger partial charge in [-0.3, -0.25) is 9.78 Å².